The number of hydrogen-bond donors (Lipinski definition) is 1. The zero-order valence-corrected chi connectivity index (χ0v) is 21.1. The van der Waals surface area contributed by atoms with Gasteiger partial charge in [-0.3, -0.25) is 4.79 Å². The molecule has 0 radical (unpaired) electrons. The van der Waals surface area contributed by atoms with E-state index in [4.69, 9.17) is 0 Å². The molecule has 198 valence electrons. The summed E-state index contributed by atoms with van der Waals surface area (Å²) in [6.45, 7) is -0.225. The van der Waals surface area contributed by atoms with Gasteiger partial charge in [-0.1, -0.05) is 12.1 Å². The predicted octanol–water partition coefficient (Wildman–Crippen LogP) is 4.79. The van der Waals surface area contributed by atoms with Crippen LogP contribution in [0.2, 0.25) is 0 Å². The number of fused-ring (bicyclic) bond motifs is 1. The van der Waals surface area contributed by atoms with E-state index in [1.54, 1.807) is 0 Å². The molecule has 2 heterocycles. The van der Waals surface area contributed by atoms with Crippen LogP contribution in [0, 0.1) is 23.2 Å². The van der Waals surface area contributed by atoms with Crippen molar-refractivity contribution in [2.75, 3.05) is 11.9 Å². The molecule has 0 saturated heterocycles. The van der Waals surface area contributed by atoms with Gasteiger partial charge in [-0.05, 0) is 80.2 Å². The fraction of sp³-hybridized carbons (Fsp3) is 0.577. The first kappa shape index (κ1) is 24.8. The number of carbonyl (C=O) groups excluding carboxylic acids is 1. The first-order valence-corrected chi connectivity index (χ1v) is 14.3. The van der Waals surface area contributed by atoms with Crippen molar-refractivity contribution in [3.8, 4) is 0 Å². The van der Waals surface area contributed by atoms with Gasteiger partial charge in [0.1, 0.15) is 12.1 Å². The van der Waals surface area contributed by atoms with E-state index in [0.717, 1.165) is 53.5 Å². The van der Waals surface area contributed by atoms with E-state index >= 15 is 0 Å². The minimum atomic E-state index is -4.80. The van der Waals surface area contributed by atoms with Crippen molar-refractivity contribution in [3.05, 3.63) is 47.4 Å². The first-order valence-electron chi connectivity index (χ1n) is 12.8. The lowest BCUT2D eigenvalue weighted by Gasteiger charge is -2.56. The van der Waals surface area contributed by atoms with Gasteiger partial charge in [-0.15, -0.1) is 0 Å². The molecule has 5 aliphatic rings. The smallest absolute Gasteiger partial charge is 0.310 e. The summed E-state index contributed by atoms with van der Waals surface area (Å²) in [5.74, 6) is 2.49. The maximum Gasteiger partial charge on any atom is 0.417 e. The summed E-state index contributed by atoms with van der Waals surface area (Å²) in [5, 5.41) is 2.95. The van der Waals surface area contributed by atoms with E-state index in [-0.39, 0.29) is 30.8 Å². The van der Waals surface area contributed by atoms with Crippen LogP contribution in [0.15, 0.2) is 35.5 Å². The molecule has 0 unspecified atom stereocenters. The third-order valence-electron chi connectivity index (χ3n) is 8.74. The molecule has 4 saturated carbocycles. The number of carbonyl (C=O) groups is 1. The number of alkyl halides is 3. The van der Waals surface area contributed by atoms with E-state index in [9.17, 15) is 26.4 Å². The van der Waals surface area contributed by atoms with Gasteiger partial charge in [0.25, 0.3) is 0 Å². The van der Waals surface area contributed by atoms with Gasteiger partial charge < -0.3 is 5.32 Å². The number of nitrogens with zero attached hydrogens (tertiary/aromatic N) is 3. The van der Waals surface area contributed by atoms with Crippen molar-refractivity contribution in [2.45, 2.75) is 69.0 Å². The summed E-state index contributed by atoms with van der Waals surface area (Å²) in [4.78, 5) is 20.8. The number of amides is 1. The average molecular weight is 535 g/mol. The highest BCUT2D eigenvalue weighted by Crippen LogP contribution is 2.61. The molecule has 2 aromatic rings. The molecule has 7 nitrogen and oxygen atoms in total. The molecule has 1 aromatic heterocycles. The van der Waals surface area contributed by atoms with E-state index in [0.29, 0.717) is 23.5 Å². The Labute approximate surface area is 213 Å². The van der Waals surface area contributed by atoms with Crippen molar-refractivity contribution < 1.29 is 26.4 Å². The Morgan fingerprint density at radius 2 is 1.70 bits per heavy atom. The van der Waals surface area contributed by atoms with Gasteiger partial charge in [0.2, 0.25) is 15.9 Å². The fourth-order valence-corrected chi connectivity index (χ4v) is 9.35. The number of aromatic nitrogens is 2. The van der Waals surface area contributed by atoms with Crippen LogP contribution < -0.4 is 5.32 Å². The highest BCUT2D eigenvalue weighted by atomic mass is 32.2. The molecule has 4 fully saturated rings. The van der Waals surface area contributed by atoms with Crippen LogP contribution >= 0.6 is 0 Å². The zero-order valence-electron chi connectivity index (χ0n) is 20.3. The Hall–Kier alpha value is -2.53. The second-order valence-electron chi connectivity index (χ2n) is 11.4. The largest absolute Gasteiger partial charge is 0.417 e. The molecule has 4 aliphatic carbocycles. The molecule has 7 rings (SSSR count). The third-order valence-corrected chi connectivity index (χ3v) is 10.6. The van der Waals surface area contributed by atoms with E-state index < -0.39 is 26.7 Å². The molecule has 0 atom stereocenters. The quantitative estimate of drug-likeness (QED) is 0.596. The number of halogens is 3. The Bertz CT molecular complexity index is 1310. The second-order valence-corrected chi connectivity index (χ2v) is 13.3. The standard InChI is InChI=1S/C26H29F3N4O3S/c27-26(28,29)20-3-1-2-4-22(20)37(35,36)33-6-5-19-21(14-33)30-15-31-24(19)32-23(34)13-25-10-16-7-17(11-25)9-18(8-16)12-25/h1-4,15-18H,5-14H2,(H,30,31,32,34). The van der Waals surface area contributed by atoms with E-state index in [1.807, 2.05) is 0 Å². The van der Waals surface area contributed by atoms with Gasteiger partial charge in [0.15, 0.2) is 0 Å². The van der Waals surface area contributed by atoms with Gasteiger partial charge in [0, 0.05) is 18.5 Å². The van der Waals surface area contributed by atoms with Gasteiger partial charge in [0.05, 0.1) is 22.7 Å². The summed E-state index contributed by atoms with van der Waals surface area (Å²) in [6.07, 6.45) is 4.35. The molecule has 4 bridgehead atoms. The van der Waals surface area contributed by atoms with Crippen LogP contribution in [-0.4, -0.2) is 35.1 Å². The van der Waals surface area contributed by atoms with E-state index in [1.165, 1.54) is 37.7 Å². The van der Waals surface area contributed by atoms with Gasteiger partial charge in [-0.25, -0.2) is 18.4 Å². The Morgan fingerprint density at radius 1 is 1.05 bits per heavy atom. The lowest BCUT2D eigenvalue weighted by molar-refractivity contribution is -0.140. The van der Waals surface area contributed by atoms with Crippen molar-refractivity contribution in [3.63, 3.8) is 0 Å². The molecule has 0 spiro atoms. The monoisotopic (exact) mass is 534 g/mol. The molecule has 1 aromatic carbocycles. The molecule has 37 heavy (non-hydrogen) atoms. The van der Waals surface area contributed by atoms with Crippen LogP contribution in [-0.2, 0) is 34.0 Å². The van der Waals surface area contributed by atoms with Crippen LogP contribution in [0.1, 0.15) is 61.8 Å². The lowest BCUT2D eigenvalue weighted by atomic mass is 9.49. The van der Waals surface area contributed by atoms with Crippen LogP contribution in [0.4, 0.5) is 19.0 Å². The summed E-state index contributed by atoms with van der Waals surface area (Å²) in [7, 11) is -4.42. The first-order chi connectivity index (χ1) is 17.5. The van der Waals surface area contributed by atoms with Crippen molar-refractivity contribution in [1.29, 1.82) is 0 Å². The predicted molar refractivity (Wildman–Crippen MR) is 129 cm³/mol. The topological polar surface area (TPSA) is 92.3 Å². The number of benzene rings is 1. The minimum absolute atomic E-state index is 0.0350. The van der Waals surface area contributed by atoms with E-state index in [2.05, 4.69) is 15.3 Å². The maximum absolute atomic E-state index is 13.5. The molecular weight excluding hydrogens is 505 g/mol. The van der Waals surface area contributed by atoms with Crippen LogP contribution in [0.3, 0.4) is 0 Å². The SMILES string of the molecule is O=C(CC12CC3CC(CC(C3)C1)C2)Nc1ncnc2c1CCN(S(=O)(=O)c1ccccc1C(F)(F)F)C2. The normalized spacial score (nSPS) is 29.2. The molecule has 1 N–H and O–H groups in total. The molecule has 11 heteroatoms. The van der Waals surface area contributed by atoms with Crippen LogP contribution in [0.25, 0.3) is 0 Å². The summed E-state index contributed by atoms with van der Waals surface area (Å²) in [6, 6.07) is 4.19. The number of sulfonamides is 1. The molecule has 1 aliphatic heterocycles. The van der Waals surface area contributed by atoms with Gasteiger partial charge in [-0.2, -0.15) is 17.5 Å². The lowest BCUT2D eigenvalue weighted by Crippen LogP contribution is -2.47. The van der Waals surface area contributed by atoms with Gasteiger partial charge >= 0.3 is 6.18 Å². The second kappa shape index (κ2) is 8.76. The van der Waals surface area contributed by atoms with Crippen molar-refractivity contribution in [2.24, 2.45) is 23.2 Å². The highest BCUT2D eigenvalue weighted by Gasteiger charge is 2.51. The third kappa shape index (κ3) is 4.54. The minimum Gasteiger partial charge on any atom is -0.310 e. The summed E-state index contributed by atoms with van der Waals surface area (Å²) >= 11 is 0. The molecule has 1 amide bonds. The number of nitrogens with one attached hydrogen (secondary N) is 1. The zero-order chi connectivity index (χ0) is 26.0. The van der Waals surface area contributed by atoms with Crippen LogP contribution in [0.5, 0.6) is 0 Å². The van der Waals surface area contributed by atoms with Crippen molar-refractivity contribution >= 4 is 21.7 Å². The summed E-state index contributed by atoms with van der Waals surface area (Å²) in [5.41, 5.74) is -0.0969. The average Bonchev–Trinajstić information content (AvgIpc) is 2.82. The summed E-state index contributed by atoms with van der Waals surface area (Å²) < 4.78 is 67.8. The number of anilines is 1. The molecular formula is C26H29F3N4O3S. The number of rotatable bonds is 5. The Balaban J connectivity index is 1.19. The number of hydrogen-bond acceptors (Lipinski definition) is 5. The van der Waals surface area contributed by atoms with Crippen molar-refractivity contribution in [1.82, 2.24) is 14.3 Å². The highest BCUT2D eigenvalue weighted by molar-refractivity contribution is 7.89. The Kier molecular flexibility index (Phi) is 5.87. The maximum atomic E-state index is 13.5. The Morgan fingerprint density at radius 3 is 2.35 bits per heavy atom. The fourth-order valence-electron chi connectivity index (χ4n) is 7.73.